The van der Waals surface area contributed by atoms with Gasteiger partial charge in [0.1, 0.15) is 35.2 Å². The van der Waals surface area contributed by atoms with Crippen molar-refractivity contribution in [2.24, 2.45) is 4.99 Å². The van der Waals surface area contributed by atoms with E-state index in [0.717, 1.165) is 38.6 Å². The molecule has 0 radical (unpaired) electrons. The number of aromatic nitrogens is 2. The summed E-state index contributed by atoms with van der Waals surface area (Å²) in [6, 6.07) is 11.5. The van der Waals surface area contributed by atoms with Crippen LogP contribution in [0.1, 0.15) is 12.5 Å². The average molecular weight is 456 g/mol. The molecule has 3 heterocycles. The summed E-state index contributed by atoms with van der Waals surface area (Å²) in [6.45, 7) is 3.89. The molecular formula is C25H21N5O2S. The van der Waals surface area contributed by atoms with Crippen molar-refractivity contribution in [3.63, 3.8) is 0 Å². The average Bonchev–Trinajstić information content (AvgIpc) is 2.85. The molecule has 0 aliphatic carbocycles. The topological polar surface area (TPSA) is 85.7 Å². The lowest BCUT2D eigenvalue weighted by Crippen LogP contribution is -2.22. The molecular weight excluding hydrogens is 434 g/mol. The van der Waals surface area contributed by atoms with Crippen LogP contribution in [-0.2, 0) is 11.2 Å². The number of hydrogen-bond acceptors (Lipinski definition) is 7. The van der Waals surface area contributed by atoms with Gasteiger partial charge in [-0.15, -0.1) is 0 Å². The van der Waals surface area contributed by atoms with Gasteiger partial charge in [-0.25, -0.2) is 15.0 Å². The van der Waals surface area contributed by atoms with E-state index in [1.54, 1.807) is 6.20 Å². The molecule has 1 atom stereocenters. The first-order valence-electron chi connectivity index (χ1n) is 10.5. The van der Waals surface area contributed by atoms with Crippen molar-refractivity contribution < 1.29 is 9.29 Å². The molecule has 1 aromatic heterocycles. The van der Waals surface area contributed by atoms with Gasteiger partial charge in [0.05, 0.1) is 17.9 Å². The number of amidine groups is 1. The molecule has 33 heavy (non-hydrogen) atoms. The SMILES string of the molecule is CC[S+]([O-])c1ccc2ncnc(Nc3ccc(OC4=CC5=NC=C=CN5C=C4)c(C)c3)c2c1. The second-order valence-corrected chi connectivity index (χ2v) is 9.16. The van der Waals surface area contributed by atoms with Gasteiger partial charge in [-0.3, -0.25) is 0 Å². The summed E-state index contributed by atoms with van der Waals surface area (Å²) < 4.78 is 18.4. The van der Waals surface area contributed by atoms with Gasteiger partial charge in [0.25, 0.3) is 0 Å². The first kappa shape index (κ1) is 21.0. The van der Waals surface area contributed by atoms with E-state index in [1.807, 2.05) is 79.7 Å². The zero-order valence-corrected chi connectivity index (χ0v) is 19.0. The Morgan fingerprint density at radius 1 is 1.18 bits per heavy atom. The van der Waals surface area contributed by atoms with Crippen molar-refractivity contribution >= 4 is 39.4 Å². The van der Waals surface area contributed by atoms with Crippen LogP contribution >= 0.6 is 0 Å². The molecule has 0 spiro atoms. The van der Waals surface area contributed by atoms with Gasteiger partial charge < -0.3 is 19.5 Å². The molecule has 0 saturated heterocycles. The number of rotatable bonds is 6. The van der Waals surface area contributed by atoms with Crippen molar-refractivity contribution in [1.29, 1.82) is 0 Å². The first-order chi connectivity index (χ1) is 16.1. The normalized spacial score (nSPS) is 15.2. The molecule has 0 bridgehead atoms. The molecule has 5 rings (SSSR count). The molecule has 2 aliphatic rings. The third kappa shape index (κ3) is 4.40. The maximum absolute atomic E-state index is 12.3. The van der Waals surface area contributed by atoms with Crippen LogP contribution in [0.3, 0.4) is 0 Å². The summed E-state index contributed by atoms with van der Waals surface area (Å²) in [6.07, 6.45) is 10.6. The largest absolute Gasteiger partial charge is 0.611 e. The number of nitrogens with zero attached hydrogens (tertiary/aromatic N) is 4. The molecule has 0 amide bonds. The standard InChI is InChI=1S/C25H21N5O2S/c1-3-33(31)20-6-7-22-21(15-20)25(28-16-27-22)29-18-5-8-23(17(2)13-18)32-19-9-12-30-11-4-10-26-24(30)14-19/h5-16H,3H2,1-2H3,(H,27,28,29). The highest BCUT2D eigenvalue weighted by Crippen LogP contribution is 2.29. The molecule has 1 N–H and O–H groups in total. The zero-order valence-electron chi connectivity index (χ0n) is 18.1. The van der Waals surface area contributed by atoms with Crippen LogP contribution in [-0.4, -0.2) is 31.0 Å². The minimum Gasteiger partial charge on any atom is -0.611 e. The minimum atomic E-state index is -1.04. The Hall–Kier alpha value is -3.84. The zero-order chi connectivity index (χ0) is 22.8. The lowest BCUT2D eigenvalue weighted by molar-refractivity contribution is 0.437. The lowest BCUT2D eigenvalue weighted by Gasteiger charge is -2.21. The van der Waals surface area contributed by atoms with Crippen LogP contribution in [0.15, 0.2) is 94.9 Å². The molecule has 2 aromatic carbocycles. The maximum atomic E-state index is 12.3. The van der Waals surface area contributed by atoms with Gasteiger partial charge in [0.2, 0.25) is 0 Å². The third-order valence-corrected chi connectivity index (χ3v) is 6.52. The van der Waals surface area contributed by atoms with Crippen molar-refractivity contribution in [3.05, 3.63) is 90.5 Å². The van der Waals surface area contributed by atoms with E-state index in [9.17, 15) is 4.55 Å². The van der Waals surface area contributed by atoms with Gasteiger partial charge in [0, 0.05) is 29.4 Å². The monoisotopic (exact) mass is 455 g/mol. The Bertz CT molecular complexity index is 1390. The van der Waals surface area contributed by atoms with E-state index in [2.05, 4.69) is 26.0 Å². The van der Waals surface area contributed by atoms with Gasteiger partial charge in [0.15, 0.2) is 4.90 Å². The van der Waals surface area contributed by atoms with Crippen LogP contribution in [0.25, 0.3) is 10.9 Å². The van der Waals surface area contributed by atoms with Crippen LogP contribution in [0.5, 0.6) is 5.75 Å². The number of allylic oxidation sites excluding steroid dienone is 1. The fourth-order valence-electron chi connectivity index (χ4n) is 3.52. The van der Waals surface area contributed by atoms with E-state index in [0.29, 0.717) is 17.3 Å². The number of nitrogens with one attached hydrogen (secondary N) is 1. The van der Waals surface area contributed by atoms with Crippen molar-refractivity contribution in [2.75, 3.05) is 11.1 Å². The summed E-state index contributed by atoms with van der Waals surface area (Å²) in [5, 5.41) is 4.19. The molecule has 2 aliphatic heterocycles. The summed E-state index contributed by atoms with van der Waals surface area (Å²) in [4.78, 5) is 15.7. The summed E-state index contributed by atoms with van der Waals surface area (Å²) in [5.41, 5.74) is 5.57. The van der Waals surface area contributed by atoms with E-state index >= 15 is 0 Å². The number of ether oxygens (including phenoxy) is 1. The van der Waals surface area contributed by atoms with Crippen LogP contribution in [0.4, 0.5) is 11.5 Å². The molecule has 164 valence electrons. The highest BCUT2D eigenvalue weighted by Gasteiger charge is 2.15. The Morgan fingerprint density at radius 2 is 2.09 bits per heavy atom. The number of fused-ring (bicyclic) bond motifs is 2. The quantitative estimate of drug-likeness (QED) is 0.419. The molecule has 1 unspecified atom stereocenters. The Balaban J connectivity index is 1.38. The summed E-state index contributed by atoms with van der Waals surface area (Å²) in [7, 11) is 0. The predicted octanol–water partition coefficient (Wildman–Crippen LogP) is 4.94. The van der Waals surface area contributed by atoms with E-state index in [-0.39, 0.29) is 0 Å². The smallest absolute Gasteiger partial charge is 0.153 e. The number of benzene rings is 2. The van der Waals surface area contributed by atoms with Crippen molar-refractivity contribution in [3.8, 4) is 5.75 Å². The van der Waals surface area contributed by atoms with E-state index in [4.69, 9.17) is 4.74 Å². The molecule has 3 aromatic rings. The Labute approximate surface area is 194 Å². The molecule has 0 fully saturated rings. The van der Waals surface area contributed by atoms with Crippen LogP contribution < -0.4 is 10.1 Å². The second-order valence-electron chi connectivity index (χ2n) is 7.42. The van der Waals surface area contributed by atoms with Gasteiger partial charge in [-0.2, -0.15) is 0 Å². The highest BCUT2D eigenvalue weighted by molar-refractivity contribution is 7.91. The van der Waals surface area contributed by atoms with E-state index in [1.165, 1.54) is 6.33 Å². The van der Waals surface area contributed by atoms with E-state index < -0.39 is 11.2 Å². The molecule has 8 heteroatoms. The van der Waals surface area contributed by atoms with Gasteiger partial charge in [-0.1, -0.05) is 5.73 Å². The summed E-state index contributed by atoms with van der Waals surface area (Å²) >= 11 is -1.04. The highest BCUT2D eigenvalue weighted by atomic mass is 32.2. The third-order valence-electron chi connectivity index (χ3n) is 5.22. The number of hydrogen-bond donors (Lipinski definition) is 1. The first-order valence-corrected chi connectivity index (χ1v) is 11.8. The Kier molecular flexibility index (Phi) is 5.71. The summed E-state index contributed by atoms with van der Waals surface area (Å²) in [5.74, 6) is 3.46. The number of anilines is 2. The Morgan fingerprint density at radius 3 is 2.94 bits per heavy atom. The molecule has 7 nitrogen and oxygen atoms in total. The van der Waals surface area contributed by atoms with Crippen LogP contribution in [0, 0.1) is 6.92 Å². The van der Waals surface area contributed by atoms with Crippen LogP contribution in [0.2, 0.25) is 0 Å². The second kappa shape index (κ2) is 8.96. The lowest BCUT2D eigenvalue weighted by atomic mass is 10.2. The van der Waals surface area contributed by atoms with Gasteiger partial charge >= 0.3 is 0 Å². The fourth-order valence-corrected chi connectivity index (χ4v) is 4.33. The fraction of sp³-hybridized carbons (Fsp3) is 0.120. The maximum Gasteiger partial charge on any atom is 0.153 e. The molecule has 0 saturated carbocycles. The number of aryl methyl sites for hydroxylation is 1. The van der Waals surface area contributed by atoms with Gasteiger partial charge in [-0.05, 0) is 67.0 Å². The number of aliphatic imine (C=N–C) groups is 1. The minimum absolute atomic E-state index is 0.563. The predicted molar refractivity (Wildman–Crippen MR) is 131 cm³/mol. The van der Waals surface area contributed by atoms with Crippen molar-refractivity contribution in [1.82, 2.24) is 14.9 Å². The van der Waals surface area contributed by atoms with Crippen molar-refractivity contribution in [2.45, 2.75) is 18.7 Å².